The predicted molar refractivity (Wildman–Crippen MR) is 87.4 cm³/mol. The normalized spacial score (nSPS) is 8.62. The number of carbonyl (C=O) groups is 1. The van der Waals surface area contributed by atoms with E-state index in [1.165, 1.54) is 38.5 Å². The molecule has 0 spiro atoms. The first-order valence-electron chi connectivity index (χ1n) is 7.86. The second kappa shape index (κ2) is 16.2. The summed E-state index contributed by atoms with van der Waals surface area (Å²) in [5.41, 5.74) is 0. The molecular formula is C19H26O2. The van der Waals surface area contributed by atoms with Crippen molar-refractivity contribution >= 4 is 5.97 Å². The van der Waals surface area contributed by atoms with E-state index in [0.717, 1.165) is 6.42 Å². The van der Waals surface area contributed by atoms with Crippen LogP contribution in [-0.4, -0.2) is 11.1 Å². The molecule has 0 aliphatic heterocycles. The van der Waals surface area contributed by atoms with Crippen LogP contribution in [0.15, 0.2) is 0 Å². The lowest BCUT2D eigenvalue weighted by Crippen LogP contribution is -1.91. The van der Waals surface area contributed by atoms with Crippen LogP contribution < -0.4 is 0 Å². The van der Waals surface area contributed by atoms with Crippen molar-refractivity contribution in [1.82, 2.24) is 0 Å². The first-order valence-corrected chi connectivity index (χ1v) is 7.86. The standard InChI is InChI=1S/C19H26O2/c1-2-3-4-5-6-7-8-9-10-11-12-13-14-15-16-17-18-19(20)21/h2-8,11,14,17-18H2,1H3,(H,20,21). The van der Waals surface area contributed by atoms with Crippen LogP contribution in [0.3, 0.4) is 0 Å². The summed E-state index contributed by atoms with van der Waals surface area (Å²) >= 11 is 0. The highest BCUT2D eigenvalue weighted by Crippen LogP contribution is 2.06. The van der Waals surface area contributed by atoms with Gasteiger partial charge in [-0.2, -0.15) is 0 Å². The predicted octanol–water partition coefficient (Wildman–Crippen LogP) is 4.39. The number of hydrogen-bond acceptors (Lipinski definition) is 1. The summed E-state index contributed by atoms with van der Waals surface area (Å²) in [4.78, 5) is 10.2. The Morgan fingerprint density at radius 2 is 1.29 bits per heavy atom. The molecule has 0 aromatic rings. The van der Waals surface area contributed by atoms with Gasteiger partial charge in [-0.3, -0.25) is 4.79 Å². The average molecular weight is 286 g/mol. The third-order valence-corrected chi connectivity index (χ3v) is 2.85. The van der Waals surface area contributed by atoms with Gasteiger partial charge >= 0.3 is 5.97 Å². The summed E-state index contributed by atoms with van der Waals surface area (Å²) in [6, 6.07) is 0. The molecule has 0 amide bonds. The molecule has 0 atom stereocenters. The minimum absolute atomic E-state index is 0.102. The third kappa shape index (κ3) is 18.1. The maximum absolute atomic E-state index is 10.2. The SMILES string of the molecule is CCCCCCCCC#CCC#CCC#CCCC(=O)O. The van der Waals surface area contributed by atoms with E-state index in [0.29, 0.717) is 19.3 Å². The first-order chi connectivity index (χ1) is 10.3. The van der Waals surface area contributed by atoms with Crippen LogP contribution in [0.25, 0.3) is 0 Å². The monoisotopic (exact) mass is 286 g/mol. The van der Waals surface area contributed by atoms with Crippen LogP contribution in [0, 0.1) is 35.5 Å². The molecule has 2 nitrogen and oxygen atoms in total. The molecule has 1 N–H and O–H groups in total. The lowest BCUT2D eigenvalue weighted by atomic mass is 10.1. The minimum atomic E-state index is -0.809. The van der Waals surface area contributed by atoms with Crippen LogP contribution in [0.5, 0.6) is 0 Å². The summed E-state index contributed by atoms with van der Waals surface area (Å²) in [5.74, 6) is 16.9. The third-order valence-electron chi connectivity index (χ3n) is 2.85. The van der Waals surface area contributed by atoms with Crippen LogP contribution >= 0.6 is 0 Å². The quantitative estimate of drug-likeness (QED) is 0.530. The number of carboxylic acid groups (broad SMARTS) is 1. The molecule has 21 heavy (non-hydrogen) atoms. The summed E-state index contributed by atoms with van der Waals surface area (Å²) < 4.78 is 0. The van der Waals surface area contributed by atoms with E-state index in [1.807, 2.05) is 0 Å². The van der Waals surface area contributed by atoms with Gasteiger partial charge in [0.25, 0.3) is 0 Å². The fraction of sp³-hybridized carbons (Fsp3) is 0.632. The fourth-order valence-electron chi connectivity index (χ4n) is 1.68. The van der Waals surface area contributed by atoms with Gasteiger partial charge in [0.05, 0.1) is 19.3 Å². The summed E-state index contributed by atoms with van der Waals surface area (Å²) in [7, 11) is 0. The number of aliphatic carboxylic acids is 1. The van der Waals surface area contributed by atoms with Gasteiger partial charge in [0, 0.05) is 12.8 Å². The molecule has 0 unspecified atom stereocenters. The van der Waals surface area contributed by atoms with Gasteiger partial charge in [0.15, 0.2) is 0 Å². The van der Waals surface area contributed by atoms with E-state index in [9.17, 15) is 4.79 Å². The maximum Gasteiger partial charge on any atom is 0.304 e. The highest BCUT2D eigenvalue weighted by molar-refractivity contribution is 5.67. The van der Waals surface area contributed by atoms with Crippen LogP contribution in [-0.2, 0) is 4.79 Å². The fourth-order valence-corrected chi connectivity index (χ4v) is 1.68. The van der Waals surface area contributed by atoms with Crippen molar-refractivity contribution in [3.63, 3.8) is 0 Å². The zero-order chi connectivity index (χ0) is 15.6. The number of unbranched alkanes of at least 4 members (excludes halogenated alkanes) is 6. The van der Waals surface area contributed by atoms with Crippen molar-refractivity contribution in [2.45, 2.75) is 77.6 Å². The zero-order valence-electron chi connectivity index (χ0n) is 13.1. The highest BCUT2D eigenvalue weighted by Gasteiger charge is 1.90. The van der Waals surface area contributed by atoms with E-state index in [1.54, 1.807) is 0 Å². The second-order valence-electron chi connectivity index (χ2n) is 4.83. The average Bonchev–Trinajstić information content (AvgIpc) is 2.46. The van der Waals surface area contributed by atoms with Crippen molar-refractivity contribution < 1.29 is 9.90 Å². The molecule has 0 saturated carbocycles. The van der Waals surface area contributed by atoms with E-state index >= 15 is 0 Å². The van der Waals surface area contributed by atoms with Gasteiger partial charge in [-0.1, -0.05) is 62.7 Å². The molecule has 0 fully saturated rings. The molecule has 2 heteroatoms. The summed E-state index contributed by atoms with van der Waals surface area (Å²) in [6.45, 7) is 2.23. The Kier molecular flexibility index (Phi) is 14.8. The van der Waals surface area contributed by atoms with Crippen molar-refractivity contribution in [2.24, 2.45) is 0 Å². The van der Waals surface area contributed by atoms with Crippen molar-refractivity contribution in [1.29, 1.82) is 0 Å². The van der Waals surface area contributed by atoms with Crippen molar-refractivity contribution in [3.8, 4) is 35.5 Å². The Bertz CT molecular complexity index is 443. The molecule has 0 rings (SSSR count). The number of carboxylic acids is 1. The lowest BCUT2D eigenvalue weighted by Gasteiger charge is -1.96. The number of rotatable bonds is 8. The molecule has 0 aliphatic rings. The highest BCUT2D eigenvalue weighted by atomic mass is 16.4. The topological polar surface area (TPSA) is 37.3 Å². The van der Waals surface area contributed by atoms with Gasteiger partial charge < -0.3 is 5.11 Å². The first kappa shape index (κ1) is 19.1. The molecule has 0 heterocycles. The molecule has 0 aromatic carbocycles. The molecule has 0 radical (unpaired) electrons. The molecule has 0 saturated heterocycles. The largest absolute Gasteiger partial charge is 0.481 e. The van der Waals surface area contributed by atoms with Crippen molar-refractivity contribution in [2.75, 3.05) is 0 Å². The van der Waals surface area contributed by atoms with Crippen molar-refractivity contribution in [3.05, 3.63) is 0 Å². The Hall–Kier alpha value is -1.85. The minimum Gasteiger partial charge on any atom is -0.481 e. The van der Waals surface area contributed by atoms with Gasteiger partial charge in [0.2, 0.25) is 0 Å². The van der Waals surface area contributed by atoms with E-state index in [-0.39, 0.29) is 6.42 Å². The Labute approximate surface area is 129 Å². The summed E-state index contributed by atoms with van der Waals surface area (Å²) in [6.07, 6.45) is 10.4. The van der Waals surface area contributed by atoms with Gasteiger partial charge in [0.1, 0.15) is 0 Å². The molecule has 114 valence electrons. The Balaban J connectivity index is 3.44. The molecule has 0 bridgehead atoms. The van der Waals surface area contributed by atoms with Gasteiger partial charge in [-0.05, 0) is 6.42 Å². The van der Waals surface area contributed by atoms with E-state index < -0.39 is 5.97 Å². The molecule has 0 aliphatic carbocycles. The van der Waals surface area contributed by atoms with E-state index in [2.05, 4.69) is 42.4 Å². The Morgan fingerprint density at radius 1 is 0.762 bits per heavy atom. The smallest absolute Gasteiger partial charge is 0.304 e. The van der Waals surface area contributed by atoms with Gasteiger partial charge in [-0.15, -0.1) is 11.8 Å². The summed E-state index contributed by atoms with van der Waals surface area (Å²) in [5, 5.41) is 8.42. The zero-order valence-corrected chi connectivity index (χ0v) is 13.1. The number of hydrogen-bond donors (Lipinski definition) is 1. The second-order valence-corrected chi connectivity index (χ2v) is 4.83. The van der Waals surface area contributed by atoms with Crippen LogP contribution in [0.2, 0.25) is 0 Å². The van der Waals surface area contributed by atoms with Crippen LogP contribution in [0.4, 0.5) is 0 Å². The van der Waals surface area contributed by atoms with Gasteiger partial charge in [-0.25, -0.2) is 0 Å². The molecular weight excluding hydrogens is 260 g/mol. The lowest BCUT2D eigenvalue weighted by molar-refractivity contribution is -0.136. The Morgan fingerprint density at radius 3 is 1.90 bits per heavy atom. The maximum atomic E-state index is 10.2. The van der Waals surface area contributed by atoms with Crippen LogP contribution in [0.1, 0.15) is 77.6 Å². The van der Waals surface area contributed by atoms with E-state index in [4.69, 9.17) is 5.11 Å². The molecule has 0 aromatic heterocycles.